The van der Waals surface area contributed by atoms with Crippen LogP contribution in [0.4, 0.5) is 11.5 Å². The lowest BCUT2D eigenvalue weighted by molar-refractivity contribution is -0.384. The highest BCUT2D eigenvalue weighted by molar-refractivity contribution is 7.99. The lowest BCUT2D eigenvalue weighted by Gasteiger charge is -2.22. The van der Waals surface area contributed by atoms with E-state index in [-0.39, 0.29) is 23.1 Å². The van der Waals surface area contributed by atoms with Crippen LogP contribution in [-0.2, 0) is 0 Å². The number of carboxylic acids is 1. The average molecular weight is 283 g/mol. The minimum atomic E-state index is -1.23. The molecule has 0 radical (unpaired) electrons. The van der Waals surface area contributed by atoms with Crippen LogP contribution < -0.4 is 5.32 Å². The summed E-state index contributed by atoms with van der Waals surface area (Å²) >= 11 is 1.85. The Morgan fingerprint density at radius 3 is 2.79 bits per heavy atom. The summed E-state index contributed by atoms with van der Waals surface area (Å²) in [5, 5.41) is 22.8. The van der Waals surface area contributed by atoms with Crippen LogP contribution in [0.3, 0.4) is 0 Å². The Morgan fingerprint density at radius 2 is 2.21 bits per heavy atom. The number of aromatic carboxylic acids is 1. The number of anilines is 1. The second-order valence-electron chi connectivity index (χ2n) is 4.18. The monoisotopic (exact) mass is 283 g/mol. The summed E-state index contributed by atoms with van der Waals surface area (Å²) in [6.07, 6.45) is 2.98. The van der Waals surface area contributed by atoms with Crippen LogP contribution in [0.5, 0.6) is 0 Å². The molecule has 102 valence electrons. The zero-order valence-corrected chi connectivity index (χ0v) is 10.9. The van der Waals surface area contributed by atoms with Crippen molar-refractivity contribution in [3.8, 4) is 0 Å². The second kappa shape index (κ2) is 5.87. The quantitative estimate of drug-likeness (QED) is 0.643. The summed E-state index contributed by atoms with van der Waals surface area (Å²) in [4.78, 5) is 25.0. The number of thioether (sulfide) groups is 1. The number of rotatable bonds is 4. The maximum atomic E-state index is 11.0. The number of nitrogens with zero attached hydrogens (tertiary/aromatic N) is 2. The van der Waals surface area contributed by atoms with E-state index in [4.69, 9.17) is 5.11 Å². The highest BCUT2D eigenvalue weighted by Gasteiger charge is 2.22. The molecule has 0 aromatic carbocycles. The van der Waals surface area contributed by atoms with Crippen LogP contribution in [0.2, 0.25) is 0 Å². The van der Waals surface area contributed by atoms with E-state index in [0.29, 0.717) is 0 Å². The van der Waals surface area contributed by atoms with Crippen molar-refractivity contribution in [3.05, 3.63) is 27.9 Å². The normalized spacial score (nSPS) is 16.0. The van der Waals surface area contributed by atoms with Crippen molar-refractivity contribution in [3.63, 3.8) is 0 Å². The number of pyridine rings is 1. The number of carbonyl (C=O) groups is 1. The maximum Gasteiger partial charge on any atom is 0.337 e. The number of nitro groups is 1. The van der Waals surface area contributed by atoms with E-state index in [1.54, 1.807) is 0 Å². The van der Waals surface area contributed by atoms with Gasteiger partial charge in [0.15, 0.2) is 0 Å². The van der Waals surface area contributed by atoms with Crippen molar-refractivity contribution in [2.45, 2.75) is 18.9 Å². The van der Waals surface area contributed by atoms with Gasteiger partial charge in [0, 0.05) is 18.3 Å². The third kappa shape index (κ3) is 3.34. The van der Waals surface area contributed by atoms with Gasteiger partial charge in [-0.1, -0.05) is 0 Å². The Morgan fingerprint density at radius 1 is 1.53 bits per heavy atom. The molecule has 7 nitrogen and oxygen atoms in total. The first-order valence-electron chi connectivity index (χ1n) is 5.80. The van der Waals surface area contributed by atoms with Gasteiger partial charge < -0.3 is 10.4 Å². The lowest BCUT2D eigenvalue weighted by Crippen LogP contribution is -2.25. The fraction of sp³-hybridized carbons (Fsp3) is 0.455. The van der Waals surface area contributed by atoms with Gasteiger partial charge in [0.1, 0.15) is 0 Å². The largest absolute Gasteiger partial charge is 0.478 e. The van der Waals surface area contributed by atoms with Gasteiger partial charge in [0.25, 0.3) is 0 Å². The maximum absolute atomic E-state index is 11.0. The smallest absolute Gasteiger partial charge is 0.337 e. The van der Waals surface area contributed by atoms with E-state index in [1.165, 1.54) is 0 Å². The average Bonchev–Trinajstić information content (AvgIpc) is 2.39. The van der Waals surface area contributed by atoms with E-state index in [1.807, 2.05) is 11.8 Å². The Balaban J connectivity index is 2.23. The van der Waals surface area contributed by atoms with Gasteiger partial charge in [0.05, 0.1) is 10.5 Å². The molecule has 0 atom stereocenters. The van der Waals surface area contributed by atoms with E-state index in [2.05, 4.69) is 10.3 Å². The molecule has 1 aromatic rings. The standard InChI is InChI=1S/C11H13N3O4S/c15-11(16)7-5-9(14(17)18)10(12-6-7)13-8-1-3-19-4-2-8/h5-6,8H,1-4H2,(H,12,13)(H,15,16). The molecule has 19 heavy (non-hydrogen) atoms. The van der Waals surface area contributed by atoms with Gasteiger partial charge in [-0.05, 0) is 24.3 Å². The third-order valence-electron chi connectivity index (χ3n) is 2.87. The van der Waals surface area contributed by atoms with Gasteiger partial charge in [-0.25, -0.2) is 9.78 Å². The minimum Gasteiger partial charge on any atom is -0.478 e. The van der Waals surface area contributed by atoms with E-state index in [0.717, 1.165) is 36.6 Å². The molecule has 1 fully saturated rings. The summed E-state index contributed by atoms with van der Waals surface area (Å²) in [5.74, 6) is 0.945. The second-order valence-corrected chi connectivity index (χ2v) is 5.41. The van der Waals surface area contributed by atoms with Gasteiger partial charge in [-0.2, -0.15) is 11.8 Å². The Bertz CT molecular complexity index is 503. The molecule has 2 N–H and O–H groups in total. The van der Waals surface area contributed by atoms with E-state index < -0.39 is 10.9 Å². The predicted octanol–water partition coefficient (Wildman–Crippen LogP) is 2.00. The fourth-order valence-corrected chi connectivity index (χ4v) is 2.96. The van der Waals surface area contributed by atoms with Crippen molar-refractivity contribution >= 4 is 29.2 Å². The zero-order valence-electron chi connectivity index (χ0n) is 10.0. The summed E-state index contributed by atoms with van der Waals surface area (Å²) in [6, 6.07) is 1.19. The molecule has 0 spiro atoms. The summed E-state index contributed by atoms with van der Waals surface area (Å²) in [7, 11) is 0. The molecule has 2 rings (SSSR count). The molecule has 0 unspecified atom stereocenters. The third-order valence-corrected chi connectivity index (χ3v) is 3.92. The number of hydrogen-bond donors (Lipinski definition) is 2. The van der Waals surface area contributed by atoms with Crippen molar-refractivity contribution < 1.29 is 14.8 Å². The molecule has 0 saturated carbocycles. The molecule has 2 heterocycles. The molecular formula is C11H13N3O4S. The Hall–Kier alpha value is -1.83. The van der Waals surface area contributed by atoms with Gasteiger partial charge in [0.2, 0.25) is 5.82 Å². The Labute approximate surface area is 113 Å². The summed E-state index contributed by atoms with van der Waals surface area (Å²) in [5.41, 5.74) is -0.477. The van der Waals surface area contributed by atoms with E-state index >= 15 is 0 Å². The van der Waals surface area contributed by atoms with Gasteiger partial charge >= 0.3 is 11.7 Å². The lowest BCUT2D eigenvalue weighted by atomic mass is 10.1. The van der Waals surface area contributed by atoms with Gasteiger partial charge in [-0.3, -0.25) is 10.1 Å². The predicted molar refractivity (Wildman–Crippen MR) is 71.8 cm³/mol. The van der Waals surface area contributed by atoms with Crippen LogP contribution >= 0.6 is 11.8 Å². The van der Waals surface area contributed by atoms with Crippen LogP contribution in [0.25, 0.3) is 0 Å². The molecule has 0 aliphatic carbocycles. The summed E-state index contributed by atoms with van der Waals surface area (Å²) < 4.78 is 0. The SMILES string of the molecule is O=C(O)c1cnc(NC2CCSCC2)c([N+](=O)[O-])c1. The molecule has 1 aliphatic rings. The molecule has 1 aromatic heterocycles. The Kier molecular flexibility index (Phi) is 4.20. The highest BCUT2D eigenvalue weighted by atomic mass is 32.2. The number of nitrogens with one attached hydrogen (secondary N) is 1. The number of hydrogen-bond acceptors (Lipinski definition) is 6. The van der Waals surface area contributed by atoms with Crippen LogP contribution in [0.15, 0.2) is 12.3 Å². The van der Waals surface area contributed by atoms with Crippen LogP contribution in [0, 0.1) is 10.1 Å². The van der Waals surface area contributed by atoms with Crippen LogP contribution in [-0.4, -0.2) is 38.5 Å². The molecule has 1 saturated heterocycles. The van der Waals surface area contributed by atoms with Crippen LogP contribution in [0.1, 0.15) is 23.2 Å². The molecule has 8 heteroatoms. The number of aromatic nitrogens is 1. The molecule has 0 amide bonds. The van der Waals surface area contributed by atoms with Gasteiger partial charge in [-0.15, -0.1) is 0 Å². The first-order valence-corrected chi connectivity index (χ1v) is 6.95. The first-order chi connectivity index (χ1) is 9.08. The first kappa shape index (κ1) is 13.6. The van der Waals surface area contributed by atoms with Crippen molar-refractivity contribution in [1.82, 2.24) is 4.98 Å². The number of carboxylic acid groups (broad SMARTS) is 1. The molecular weight excluding hydrogens is 270 g/mol. The van der Waals surface area contributed by atoms with Crippen molar-refractivity contribution in [1.29, 1.82) is 0 Å². The highest BCUT2D eigenvalue weighted by Crippen LogP contribution is 2.26. The summed E-state index contributed by atoms with van der Waals surface area (Å²) in [6.45, 7) is 0. The zero-order chi connectivity index (χ0) is 13.8. The topological polar surface area (TPSA) is 105 Å². The molecule has 0 bridgehead atoms. The van der Waals surface area contributed by atoms with Crippen molar-refractivity contribution in [2.75, 3.05) is 16.8 Å². The minimum absolute atomic E-state index is 0.145. The molecule has 1 aliphatic heterocycles. The fourth-order valence-electron chi connectivity index (χ4n) is 1.86. The van der Waals surface area contributed by atoms with E-state index in [9.17, 15) is 14.9 Å². The van der Waals surface area contributed by atoms with Crippen molar-refractivity contribution in [2.24, 2.45) is 0 Å².